The summed E-state index contributed by atoms with van der Waals surface area (Å²) in [5, 5.41) is 13.1. The summed E-state index contributed by atoms with van der Waals surface area (Å²) in [6.45, 7) is 9.47. The minimum Gasteiger partial charge on any atom is -0.390 e. The second kappa shape index (κ2) is 7.36. The molecule has 150 valence electrons. The maximum atomic E-state index is 12.7. The van der Waals surface area contributed by atoms with Gasteiger partial charge in [-0.25, -0.2) is 9.97 Å². The molecule has 1 saturated heterocycles. The van der Waals surface area contributed by atoms with Gasteiger partial charge in [-0.3, -0.25) is 4.79 Å². The van der Waals surface area contributed by atoms with Crippen molar-refractivity contribution < 1.29 is 9.90 Å². The number of rotatable bonds is 5. The van der Waals surface area contributed by atoms with Crippen molar-refractivity contribution in [3.8, 4) is 0 Å². The molecule has 2 aliphatic rings. The highest BCUT2D eigenvalue weighted by Crippen LogP contribution is 2.36. The van der Waals surface area contributed by atoms with Gasteiger partial charge in [0.05, 0.1) is 5.60 Å². The fraction of sp³-hybridized carbons (Fsp3) is 0.750. The number of carbonyl (C=O) groups is 1. The van der Waals surface area contributed by atoms with Crippen molar-refractivity contribution >= 4 is 11.7 Å². The molecular formula is C20H33N5O2. The molecule has 1 aliphatic carbocycles. The van der Waals surface area contributed by atoms with E-state index in [0.717, 1.165) is 49.4 Å². The van der Waals surface area contributed by atoms with E-state index in [9.17, 15) is 9.90 Å². The van der Waals surface area contributed by atoms with Gasteiger partial charge < -0.3 is 20.2 Å². The Morgan fingerprint density at radius 2 is 1.93 bits per heavy atom. The van der Waals surface area contributed by atoms with Gasteiger partial charge in [-0.15, -0.1) is 0 Å². The Hall–Kier alpha value is -1.73. The molecule has 3 rings (SSSR count). The van der Waals surface area contributed by atoms with Gasteiger partial charge in [0.25, 0.3) is 5.91 Å². The second-order valence-electron chi connectivity index (χ2n) is 8.93. The molecule has 0 bridgehead atoms. The lowest BCUT2D eigenvalue weighted by atomic mass is 9.71. The maximum Gasteiger partial charge on any atom is 0.289 e. The van der Waals surface area contributed by atoms with Crippen molar-refractivity contribution in [2.24, 2.45) is 5.92 Å². The van der Waals surface area contributed by atoms with E-state index in [1.54, 1.807) is 0 Å². The number of amides is 1. The van der Waals surface area contributed by atoms with E-state index in [2.05, 4.69) is 39.2 Å². The molecule has 1 aromatic heterocycles. The third-order valence-corrected chi connectivity index (χ3v) is 6.23. The van der Waals surface area contributed by atoms with Crippen molar-refractivity contribution in [2.45, 2.75) is 64.6 Å². The number of aliphatic hydroxyl groups is 1. The van der Waals surface area contributed by atoms with E-state index in [1.807, 2.05) is 27.7 Å². The summed E-state index contributed by atoms with van der Waals surface area (Å²) in [7, 11) is 4.20. The monoisotopic (exact) mass is 375 g/mol. The van der Waals surface area contributed by atoms with Crippen LogP contribution in [0.2, 0.25) is 0 Å². The Morgan fingerprint density at radius 1 is 1.26 bits per heavy atom. The predicted molar refractivity (Wildman–Crippen MR) is 106 cm³/mol. The molecule has 7 nitrogen and oxygen atoms in total. The third kappa shape index (κ3) is 4.24. The van der Waals surface area contributed by atoms with Crippen LogP contribution in [0.3, 0.4) is 0 Å². The smallest absolute Gasteiger partial charge is 0.289 e. The van der Waals surface area contributed by atoms with Crippen LogP contribution in [0.4, 0.5) is 5.82 Å². The first-order valence-corrected chi connectivity index (χ1v) is 9.86. The number of likely N-dealkylation sites (N-methyl/N-ethyl adjacent to an activating group) is 1. The summed E-state index contributed by atoms with van der Waals surface area (Å²) >= 11 is 0. The molecule has 2 fully saturated rings. The lowest BCUT2D eigenvalue weighted by molar-refractivity contribution is -0.0309. The Kier molecular flexibility index (Phi) is 5.45. The molecule has 1 amide bonds. The van der Waals surface area contributed by atoms with Crippen LogP contribution in [0.25, 0.3) is 0 Å². The molecule has 7 heteroatoms. The first-order chi connectivity index (χ1) is 12.6. The molecule has 0 spiro atoms. The van der Waals surface area contributed by atoms with E-state index in [4.69, 9.17) is 0 Å². The fourth-order valence-electron chi connectivity index (χ4n) is 3.94. The number of nitrogens with zero attached hydrogens (tertiary/aromatic N) is 4. The van der Waals surface area contributed by atoms with E-state index >= 15 is 0 Å². The highest BCUT2D eigenvalue weighted by molar-refractivity contribution is 5.91. The van der Waals surface area contributed by atoms with Crippen LogP contribution in [0, 0.1) is 19.8 Å². The van der Waals surface area contributed by atoms with Crippen LogP contribution in [0.15, 0.2) is 0 Å². The number of anilines is 1. The standard InChI is InChI=1S/C20H33N5O2/c1-12-13(2)21-17(19(26)22-15-9-14(10-15)20(3,4)27)23-18(12)25-8-7-16(11-25)24(5)6/h14-16,27H,7-11H2,1-6H3,(H,22,26)/t14?,15?,16-/m1/s1. The Morgan fingerprint density at radius 3 is 2.48 bits per heavy atom. The summed E-state index contributed by atoms with van der Waals surface area (Å²) in [4.78, 5) is 26.2. The first kappa shape index (κ1) is 20.0. The highest BCUT2D eigenvalue weighted by atomic mass is 16.3. The van der Waals surface area contributed by atoms with Gasteiger partial charge in [-0.05, 0) is 67.0 Å². The number of nitrogens with one attached hydrogen (secondary N) is 1. The molecule has 2 N–H and O–H groups in total. The third-order valence-electron chi connectivity index (χ3n) is 6.23. The van der Waals surface area contributed by atoms with Crippen molar-refractivity contribution in [1.82, 2.24) is 20.2 Å². The van der Waals surface area contributed by atoms with Crippen LogP contribution in [-0.4, -0.2) is 70.8 Å². The molecule has 0 radical (unpaired) electrons. The van der Waals surface area contributed by atoms with Crippen molar-refractivity contribution in [3.63, 3.8) is 0 Å². The largest absolute Gasteiger partial charge is 0.390 e. The predicted octanol–water partition coefficient (Wildman–Crippen LogP) is 1.51. The quantitative estimate of drug-likeness (QED) is 0.812. The van der Waals surface area contributed by atoms with Gasteiger partial charge in [0, 0.05) is 36.4 Å². The number of hydrogen-bond donors (Lipinski definition) is 2. The minimum absolute atomic E-state index is 0.0903. The molecule has 0 unspecified atom stereocenters. The van der Waals surface area contributed by atoms with Crippen molar-refractivity contribution in [1.29, 1.82) is 0 Å². The molecule has 0 aromatic carbocycles. The summed E-state index contributed by atoms with van der Waals surface area (Å²) in [6, 6.07) is 0.596. The second-order valence-corrected chi connectivity index (χ2v) is 8.93. The normalized spacial score (nSPS) is 25.6. The van der Waals surface area contributed by atoms with E-state index in [0.29, 0.717) is 6.04 Å². The zero-order valence-corrected chi connectivity index (χ0v) is 17.4. The van der Waals surface area contributed by atoms with Gasteiger partial charge in [0.15, 0.2) is 0 Å². The van der Waals surface area contributed by atoms with Gasteiger partial charge in [-0.2, -0.15) is 0 Å². The van der Waals surface area contributed by atoms with Crippen molar-refractivity contribution in [3.05, 3.63) is 17.1 Å². The Labute approximate surface area is 162 Å². The van der Waals surface area contributed by atoms with Crippen molar-refractivity contribution in [2.75, 3.05) is 32.1 Å². The van der Waals surface area contributed by atoms with Crippen LogP contribution in [0.5, 0.6) is 0 Å². The lowest BCUT2D eigenvalue weighted by Crippen LogP contribution is -2.51. The first-order valence-electron chi connectivity index (χ1n) is 9.86. The molecular weight excluding hydrogens is 342 g/mol. The molecule has 1 aliphatic heterocycles. The SMILES string of the molecule is Cc1nc(C(=O)NC2CC(C(C)(C)O)C2)nc(N2CC[C@@H](N(C)C)C2)c1C. The Bertz CT molecular complexity index is 707. The number of hydrogen-bond acceptors (Lipinski definition) is 6. The topological polar surface area (TPSA) is 81.6 Å². The zero-order chi connectivity index (χ0) is 19.9. The summed E-state index contributed by atoms with van der Waals surface area (Å²) in [5.41, 5.74) is 1.20. The lowest BCUT2D eigenvalue weighted by Gasteiger charge is -2.42. The number of carbonyl (C=O) groups excluding carboxylic acids is 1. The average molecular weight is 376 g/mol. The summed E-state index contributed by atoms with van der Waals surface area (Å²) in [5.74, 6) is 1.13. The fourth-order valence-corrected chi connectivity index (χ4v) is 3.94. The van der Waals surface area contributed by atoms with Gasteiger partial charge in [-0.1, -0.05) is 0 Å². The number of aryl methyl sites for hydroxylation is 1. The van der Waals surface area contributed by atoms with Gasteiger partial charge in [0.1, 0.15) is 5.82 Å². The Balaban J connectivity index is 1.70. The number of aromatic nitrogens is 2. The average Bonchev–Trinajstić information content (AvgIpc) is 3.01. The van der Waals surface area contributed by atoms with Gasteiger partial charge >= 0.3 is 0 Å². The van der Waals surface area contributed by atoms with E-state index in [1.165, 1.54) is 0 Å². The van der Waals surface area contributed by atoms with E-state index < -0.39 is 5.60 Å². The molecule has 27 heavy (non-hydrogen) atoms. The highest BCUT2D eigenvalue weighted by Gasteiger charge is 2.39. The zero-order valence-electron chi connectivity index (χ0n) is 17.4. The van der Waals surface area contributed by atoms with Crippen LogP contribution in [-0.2, 0) is 0 Å². The van der Waals surface area contributed by atoms with Crippen LogP contribution >= 0.6 is 0 Å². The molecule has 1 aromatic rings. The van der Waals surface area contributed by atoms with Crippen LogP contribution < -0.4 is 10.2 Å². The molecule has 1 saturated carbocycles. The summed E-state index contributed by atoms with van der Waals surface area (Å²) < 4.78 is 0. The van der Waals surface area contributed by atoms with E-state index in [-0.39, 0.29) is 23.7 Å². The maximum absolute atomic E-state index is 12.7. The molecule has 2 heterocycles. The van der Waals surface area contributed by atoms with Gasteiger partial charge in [0.2, 0.25) is 5.82 Å². The van der Waals surface area contributed by atoms with Crippen LogP contribution in [0.1, 0.15) is 55.0 Å². The summed E-state index contributed by atoms with van der Waals surface area (Å²) in [6.07, 6.45) is 2.69. The minimum atomic E-state index is -0.690. The molecule has 1 atom stereocenters.